The summed E-state index contributed by atoms with van der Waals surface area (Å²) < 4.78 is 1.81. The first-order chi connectivity index (χ1) is 15.1. The van der Waals surface area contributed by atoms with Crippen molar-refractivity contribution in [3.05, 3.63) is 42.0 Å². The van der Waals surface area contributed by atoms with Crippen LogP contribution in [0.5, 0.6) is 0 Å². The van der Waals surface area contributed by atoms with Gasteiger partial charge in [-0.05, 0) is 76.3 Å². The highest BCUT2D eigenvalue weighted by molar-refractivity contribution is 6.07. The number of likely N-dealkylation sites (N-methyl/N-ethyl adjacent to an activating group) is 1. The van der Waals surface area contributed by atoms with Crippen LogP contribution in [0.25, 0.3) is 5.65 Å². The molecule has 3 N–H and O–H groups in total. The van der Waals surface area contributed by atoms with Gasteiger partial charge in [0.2, 0.25) is 11.9 Å². The summed E-state index contributed by atoms with van der Waals surface area (Å²) in [6.45, 7) is 5.82. The molecule has 0 bridgehead atoms. The second-order valence-electron chi connectivity index (χ2n) is 9.88. The van der Waals surface area contributed by atoms with E-state index in [0.29, 0.717) is 12.0 Å². The van der Waals surface area contributed by atoms with E-state index in [9.17, 15) is 9.90 Å². The van der Waals surface area contributed by atoms with Crippen LogP contribution in [-0.4, -0.2) is 44.3 Å². The number of carbonyl (C=O) groups excluding carboxylic acids is 1. The number of carbonyl (C=O) groups is 1. The number of amides is 1. The number of pyridine rings is 1. The second-order valence-corrected chi connectivity index (χ2v) is 9.88. The van der Waals surface area contributed by atoms with E-state index in [-0.39, 0.29) is 5.91 Å². The Morgan fingerprint density at radius 3 is 2.62 bits per heavy atom. The summed E-state index contributed by atoms with van der Waals surface area (Å²) in [7, 11) is 1.81. The van der Waals surface area contributed by atoms with Crippen molar-refractivity contribution in [3.63, 3.8) is 0 Å². The summed E-state index contributed by atoms with van der Waals surface area (Å²) >= 11 is 0. The molecule has 5 rings (SSSR count). The van der Waals surface area contributed by atoms with Gasteiger partial charge in [0, 0.05) is 24.5 Å². The smallest absolute Gasteiger partial charge is 0.247 e. The molecule has 0 spiro atoms. The van der Waals surface area contributed by atoms with Gasteiger partial charge in [0.15, 0.2) is 5.65 Å². The number of hydrogen-bond donors (Lipinski definition) is 3. The van der Waals surface area contributed by atoms with E-state index in [0.717, 1.165) is 54.1 Å². The van der Waals surface area contributed by atoms with Gasteiger partial charge in [-0.2, -0.15) is 9.50 Å². The van der Waals surface area contributed by atoms with Gasteiger partial charge in [0.25, 0.3) is 0 Å². The third-order valence-corrected chi connectivity index (χ3v) is 6.90. The summed E-state index contributed by atoms with van der Waals surface area (Å²) in [6, 6.07) is 12.1. The number of nitrogens with one attached hydrogen (secondary N) is 2. The number of rotatable bonds is 4. The van der Waals surface area contributed by atoms with Crippen LogP contribution in [0.4, 0.5) is 23.1 Å². The van der Waals surface area contributed by atoms with Crippen molar-refractivity contribution in [2.24, 2.45) is 0 Å². The first-order valence-electron chi connectivity index (χ1n) is 11.2. The third kappa shape index (κ3) is 3.48. The van der Waals surface area contributed by atoms with Crippen molar-refractivity contribution in [1.82, 2.24) is 14.6 Å². The quantitative estimate of drug-likeness (QED) is 0.578. The summed E-state index contributed by atoms with van der Waals surface area (Å²) in [5.41, 5.74) is 2.44. The molecule has 3 aromatic rings. The van der Waals surface area contributed by atoms with E-state index in [2.05, 4.69) is 20.7 Å². The molecule has 1 aromatic carbocycles. The van der Waals surface area contributed by atoms with Crippen LogP contribution in [0.15, 0.2) is 36.4 Å². The standard InChI is InChI=1S/C24H30N6O2/c1-23(2)17-9-8-16(14-18(17)29(4)21(23)31)26-22-27-20-7-5-6-19(30(20)28-22)25-15-10-12-24(3,32)13-11-15/h5-9,14-15,25,32H,10-13H2,1-4H3,(H,26,28). The third-order valence-electron chi connectivity index (χ3n) is 6.90. The van der Waals surface area contributed by atoms with E-state index in [1.807, 2.05) is 64.2 Å². The normalized spacial score (nSPS) is 24.6. The van der Waals surface area contributed by atoms with Crippen LogP contribution in [-0.2, 0) is 10.2 Å². The second kappa shape index (κ2) is 7.20. The molecule has 1 fully saturated rings. The molecular weight excluding hydrogens is 404 g/mol. The molecule has 1 amide bonds. The molecule has 8 heteroatoms. The maximum absolute atomic E-state index is 12.6. The number of aliphatic hydroxyl groups is 1. The molecule has 8 nitrogen and oxygen atoms in total. The van der Waals surface area contributed by atoms with Gasteiger partial charge >= 0.3 is 0 Å². The lowest BCUT2D eigenvalue weighted by Gasteiger charge is -2.33. The van der Waals surface area contributed by atoms with E-state index in [1.165, 1.54) is 0 Å². The fraction of sp³-hybridized carbons (Fsp3) is 0.458. The maximum atomic E-state index is 12.6. The van der Waals surface area contributed by atoms with Gasteiger partial charge in [0.1, 0.15) is 5.82 Å². The van der Waals surface area contributed by atoms with Gasteiger partial charge in [-0.1, -0.05) is 12.1 Å². The highest BCUT2D eigenvalue weighted by Crippen LogP contribution is 2.42. The fourth-order valence-corrected chi connectivity index (χ4v) is 4.85. The number of aromatic nitrogens is 3. The number of benzene rings is 1. The van der Waals surface area contributed by atoms with Gasteiger partial charge in [0.05, 0.1) is 11.0 Å². The van der Waals surface area contributed by atoms with Crippen LogP contribution in [0.2, 0.25) is 0 Å². The highest BCUT2D eigenvalue weighted by Gasteiger charge is 2.42. The van der Waals surface area contributed by atoms with Gasteiger partial charge in [-0.25, -0.2) is 0 Å². The zero-order chi connectivity index (χ0) is 22.7. The first-order valence-corrected chi connectivity index (χ1v) is 11.2. The van der Waals surface area contributed by atoms with Crippen molar-refractivity contribution >= 4 is 34.7 Å². The Hall–Kier alpha value is -3.13. The lowest BCUT2D eigenvalue weighted by atomic mass is 9.84. The van der Waals surface area contributed by atoms with E-state index < -0.39 is 11.0 Å². The molecule has 168 valence electrons. The SMILES string of the molecule is CN1C(=O)C(C)(C)c2ccc(Nc3nc4cccc(NC5CCC(C)(O)CC5)n4n3)cc21. The van der Waals surface area contributed by atoms with Gasteiger partial charge in [-0.15, -0.1) is 5.10 Å². The molecule has 0 unspecified atom stereocenters. The van der Waals surface area contributed by atoms with Crippen LogP contribution in [0, 0.1) is 0 Å². The molecule has 1 aliphatic heterocycles. The molecule has 3 heterocycles. The van der Waals surface area contributed by atoms with Crippen molar-refractivity contribution in [3.8, 4) is 0 Å². The van der Waals surface area contributed by atoms with Gasteiger partial charge < -0.3 is 20.6 Å². The zero-order valence-electron chi connectivity index (χ0n) is 19.0. The monoisotopic (exact) mass is 434 g/mol. The number of fused-ring (bicyclic) bond motifs is 2. The van der Waals surface area contributed by atoms with E-state index in [4.69, 9.17) is 0 Å². The van der Waals surface area contributed by atoms with Gasteiger partial charge in [-0.3, -0.25) is 4.79 Å². The number of anilines is 4. The van der Waals surface area contributed by atoms with E-state index >= 15 is 0 Å². The summed E-state index contributed by atoms with van der Waals surface area (Å²) in [6.07, 6.45) is 3.41. The van der Waals surface area contributed by atoms with Crippen LogP contribution in [0.1, 0.15) is 52.0 Å². The Morgan fingerprint density at radius 1 is 1.12 bits per heavy atom. The Labute approximate surface area is 187 Å². The number of nitrogens with zero attached hydrogens (tertiary/aromatic N) is 4. The lowest BCUT2D eigenvalue weighted by molar-refractivity contribution is -0.121. The molecule has 0 radical (unpaired) electrons. The van der Waals surface area contributed by atoms with E-state index in [1.54, 1.807) is 9.42 Å². The topological polar surface area (TPSA) is 94.8 Å². The molecule has 0 saturated heterocycles. The molecule has 32 heavy (non-hydrogen) atoms. The Kier molecular flexibility index (Phi) is 4.67. The molecular formula is C24H30N6O2. The highest BCUT2D eigenvalue weighted by atomic mass is 16.3. The first kappa shape index (κ1) is 20.8. The minimum absolute atomic E-state index is 0.0930. The summed E-state index contributed by atoms with van der Waals surface area (Å²) in [5.74, 6) is 1.48. The van der Waals surface area contributed by atoms with Crippen LogP contribution < -0.4 is 15.5 Å². The van der Waals surface area contributed by atoms with Crippen molar-refractivity contribution in [2.45, 2.75) is 63.5 Å². The van der Waals surface area contributed by atoms with Crippen molar-refractivity contribution < 1.29 is 9.90 Å². The lowest BCUT2D eigenvalue weighted by Crippen LogP contribution is -2.36. The van der Waals surface area contributed by atoms with Crippen molar-refractivity contribution in [1.29, 1.82) is 0 Å². The predicted octanol–water partition coefficient (Wildman–Crippen LogP) is 3.83. The average molecular weight is 435 g/mol. The summed E-state index contributed by atoms with van der Waals surface area (Å²) in [5, 5.41) is 21.7. The molecule has 2 aliphatic rings. The minimum Gasteiger partial charge on any atom is -0.390 e. The average Bonchev–Trinajstić information content (AvgIpc) is 3.23. The molecule has 1 aliphatic carbocycles. The minimum atomic E-state index is -0.557. The Bertz CT molecular complexity index is 1190. The van der Waals surface area contributed by atoms with Crippen LogP contribution >= 0.6 is 0 Å². The molecule has 0 atom stereocenters. The number of hydrogen-bond acceptors (Lipinski definition) is 6. The molecule has 1 saturated carbocycles. The summed E-state index contributed by atoms with van der Waals surface area (Å²) in [4.78, 5) is 18.9. The van der Waals surface area contributed by atoms with Crippen molar-refractivity contribution in [2.75, 3.05) is 22.6 Å². The zero-order valence-corrected chi connectivity index (χ0v) is 19.0. The Morgan fingerprint density at radius 2 is 1.88 bits per heavy atom. The maximum Gasteiger partial charge on any atom is 0.247 e. The fourth-order valence-electron chi connectivity index (χ4n) is 4.85. The predicted molar refractivity (Wildman–Crippen MR) is 126 cm³/mol. The largest absolute Gasteiger partial charge is 0.390 e. The van der Waals surface area contributed by atoms with Crippen LogP contribution in [0.3, 0.4) is 0 Å². The Balaban J connectivity index is 1.38. The molecule has 2 aromatic heterocycles.